The van der Waals surface area contributed by atoms with Gasteiger partial charge in [-0.25, -0.2) is 8.78 Å². The largest absolute Gasteiger partial charge is 0.326 e. The second-order valence-corrected chi connectivity index (χ2v) is 4.72. The molecule has 2 amide bonds. The van der Waals surface area contributed by atoms with E-state index in [1.165, 1.54) is 6.07 Å². The number of amides is 2. The minimum absolute atomic E-state index is 0.0904. The molecule has 0 aliphatic rings. The van der Waals surface area contributed by atoms with Crippen LogP contribution in [-0.2, 0) is 9.59 Å². The lowest BCUT2D eigenvalue weighted by Gasteiger charge is -2.08. The molecular weight excluding hydrogens is 290 g/mol. The standard InChI is InChI=1S/C16H14F2N2O2/c1-10-4-2-3-5-14(10)20-16(22)9-15(21)19-11-6-7-12(17)13(18)8-11/h2-8H,9H2,1H3,(H,19,21)(H,20,22). The number of halogens is 2. The Bertz CT molecular complexity index is 717. The normalized spacial score (nSPS) is 10.1. The average molecular weight is 304 g/mol. The van der Waals surface area contributed by atoms with E-state index in [4.69, 9.17) is 0 Å². The first-order chi connectivity index (χ1) is 10.5. The minimum atomic E-state index is -1.07. The van der Waals surface area contributed by atoms with Gasteiger partial charge in [-0.05, 0) is 30.7 Å². The highest BCUT2D eigenvalue weighted by Gasteiger charge is 2.12. The molecule has 0 heterocycles. The van der Waals surface area contributed by atoms with Crippen LogP contribution < -0.4 is 10.6 Å². The number of hydrogen-bond acceptors (Lipinski definition) is 2. The smallest absolute Gasteiger partial charge is 0.233 e. The lowest BCUT2D eigenvalue weighted by molar-refractivity contribution is -0.123. The zero-order chi connectivity index (χ0) is 16.1. The van der Waals surface area contributed by atoms with Gasteiger partial charge in [0, 0.05) is 17.4 Å². The van der Waals surface area contributed by atoms with Crippen LogP contribution >= 0.6 is 0 Å². The van der Waals surface area contributed by atoms with Crippen molar-refractivity contribution >= 4 is 23.2 Å². The molecule has 0 fully saturated rings. The number of para-hydroxylation sites is 1. The van der Waals surface area contributed by atoms with Gasteiger partial charge in [0.25, 0.3) is 0 Å². The molecule has 0 aliphatic carbocycles. The predicted octanol–water partition coefficient (Wildman–Crippen LogP) is 3.24. The summed E-state index contributed by atoms with van der Waals surface area (Å²) >= 11 is 0. The van der Waals surface area contributed by atoms with Crippen molar-refractivity contribution in [2.24, 2.45) is 0 Å². The van der Waals surface area contributed by atoms with Crippen molar-refractivity contribution in [3.8, 4) is 0 Å². The van der Waals surface area contributed by atoms with Gasteiger partial charge in [0.1, 0.15) is 6.42 Å². The van der Waals surface area contributed by atoms with E-state index in [9.17, 15) is 18.4 Å². The van der Waals surface area contributed by atoms with Crippen LogP contribution in [0, 0.1) is 18.6 Å². The second-order valence-electron chi connectivity index (χ2n) is 4.72. The molecule has 22 heavy (non-hydrogen) atoms. The molecule has 6 heteroatoms. The molecule has 2 aromatic carbocycles. The highest BCUT2D eigenvalue weighted by atomic mass is 19.2. The predicted molar refractivity (Wildman–Crippen MR) is 79.4 cm³/mol. The number of carbonyl (C=O) groups excluding carboxylic acids is 2. The third-order valence-electron chi connectivity index (χ3n) is 2.94. The third kappa shape index (κ3) is 4.12. The zero-order valence-electron chi connectivity index (χ0n) is 11.8. The van der Waals surface area contributed by atoms with E-state index < -0.39 is 29.9 Å². The number of benzene rings is 2. The Morgan fingerprint density at radius 2 is 1.64 bits per heavy atom. The van der Waals surface area contributed by atoms with Gasteiger partial charge < -0.3 is 10.6 Å². The molecular formula is C16H14F2N2O2. The maximum atomic E-state index is 13.0. The van der Waals surface area contributed by atoms with Gasteiger partial charge in [0.2, 0.25) is 11.8 Å². The highest BCUT2D eigenvalue weighted by molar-refractivity contribution is 6.08. The summed E-state index contributed by atoms with van der Waals surface area (Å²) in [6, 6.07) is 10.1. The molecule has 114 valence electrons. The summed E-state index contributed by atoms with van der Waals surface area (Å²) in [7, 11) is 0. The number of hydrogen-bond donors (Lipinski definition) is 2. The fourth-order valence-electron chi connectivity index (χ4n) is 1.83. The van der Waals surface area contributed by atoms with Gasteiger partial charge >= 0.3 is 0 Å². The molecule has 0 aromatic heterocycles. The summed E-state index contributed by atoms with van der Waals surface area (Å²) < 4.78 is 25.8. The molecule has 0 atom stereocenters. The maximum absolute atomic E-state index is 13.0. The Kier molecular flexibility index (Phi) is 4.83. The first-order valence-corrected chi connectivity index (χ1v) is 6.56. The number of nitrogens with one attached hydrogen (secondary N) is 2. The van der Waals surface area contributed by atoms with E-state index in [0.717, 1.165) is 17.7 Å². The summed E-state index contributed by atoms with van der Waals surface area (Å²) in [4.78, 5) is 23.5. The van der Waals surface area contributed by atoms with Gasteiger partial charge in [-0.15, -0.1) is 0 Å². The molecule has 0 saturated heterocycles. The van der Waals surface area contributed by atoms with E-state index in [1.807, 2.05) is 19.1 Å². The topological polar surface area (TPSA) is 58.2 Å². The van der Waals surface area contributed by atoms with E-state index >= 15 is 0 Å². The number of rotatable bonds is 4. The Hall–Kier alpha value is -2.76. The van der Waals surface area contributed by atoms with Crippen molar-refractivity contribution in [1.29, 1.82) is 0 Å². The van der Waals surface area contributed by atoms with Crippen molar-refractivity contribution < 1.29 is 18.4 Å². The van der Waals surface area contributed by atoms with Gasteiger partial charge in [0.15, 0.2) is 11.6 Å². The zero-order valence-corrected chi connectivity index (χ0v) is 11.8. The van der Waals surface area contributed by atoms with Gasteiger partial charge in [-0.3, -0.25) is 9.59 Å². The van der Waals surface area contributed by atoms with Gasteiger partial charge in [-0.2, -0.15) is 0 Å². The van der Waals surface area contributed by atoms with Crippen molar-refractivity contribution in [2.75, 3.05) is 10.6 Å². The van der Waals surface area contributed by atoms with E-state index in [1.54, 1.807) is 12.1 Å². The molecule has 2 N–H and O–H groups in total. The lowest BCUT2D eigenvalue weighted by atomic mass is 10.2. The van der Waals surface area contributed by atoms with Crippen LogP contribution in [0.4, 0.5) is 20.2 Å². The van der Waals surface area contributed by atoms with Crippen LogP contribution in [0.2, 0.25) is 0 Å². The van der Waals surface area contributed by atoms with Crippen molar-refractivity contribution in [1.82, 2.24) is 0 Å². The van der Waals surface area contributed by atoms with Crippen LogP contribution in [0.25, 0.3) is 0 Å². The fraction of sp³-hybridized carbons (Fsp3) is 0.125. The molecule has 0 radical (unpaired) electrons. The Morgan fingerprint density at radius 3 is 2.32 bits per heavy atom. The molecule has 0 aliphatic heterocycles. The van der Waals surface area contributed by atoms with Crippen LogP contribution in [0.5, 0.6) is 0 Å². The highest BCUT2D eigenvalue weighted by Crippen LogP contribution is 2.15. The summed E-state index contributed by atoms with van der Waals surface area (Å²) in [5.41, 5.74) is 1.58. The Labute approximate surface area is 126 Å². The Morgan fingerprint density at radius 1 is 0.955 bits per heavy atom. The first kappa shape index (κ1) is 15.6. The fourth-order valence-corrected chi connectivity index (χ4v) is 1.83. The Balaban J connectivity index is 1.92. The third-order valence-corrected chi connectivity index (χ3v) is 2.94. The molecule has 0 unspecified atom stereocenters. The maximum Gasteiger partial charge on any atom is 0.233 e. The molecule has 0 spiro atoms. The van der Waals surface area contributed by atoms with Gasteiger partial charge in [-0.1, -0.05) is 18.2 Å². The molecule has 0 bridgehead atoms. The molecule has 2 aromatic rings. The summed E-state index contributed by atoms with van der Waals surface area (Å²) in [5, 5.41) is 4.95. The SMILES string of the molecule is Cc1ccccc1NC(=O)CC(=O)Nc1ccc(F)c(F)c1. The van der Waals surface area contributed by atoms with Gasteiger partial charge in [0.05, 0.1) is 0 Å². The number of anilines is 2. The lowest BCUT2D eigenvalue weighted by Crippen LogP contribution is -2.21. The van der Waals surface area contributed by atoms with E-state index in [0.29, 0.717) is 5.69 Å². The monoisotopic (exact) mass is 304 g/mol. The average Bonchev–Trinajstić information content (AvgIpc) is 2.45. The minimum Gasteiger partial charge on any atom is -0.326 e. The van der Waals surface area contributed by atoms with Crippen LogP contribution in [0.15, 0.2) is 42.5 Å². The van der Waals surface area contributed by atoms with E-state index in [-0.39, 0.29) is 5.69 Å². The van der Waals surface area contributed by atoms with Crippen molar-refractivity contribution in [3.63, 3.8) is 0 Å². The van der Waals surface area contributed by atoms with Crippen LogP contribution in [-0.4, -0.2) is 11.8 Å². The number of aryl methyl sites for hydroxylation is 1. The molecule has 0 saturated carbocycles. The van der Waals surface area contributed by atoms with Crippen LogP contribution in [0.3, 0.4) is 0 Å². The van der Waals surface area contributed by atoms with Crippen LogP contribution in [0.1, 0.15) is 12.0 Å². The summed E-state index contributed by atoms with van der Waals surface area (Å²) in [6.07, 6.45) is -0.423. The first-order valence-electron chi connectivity index (χ1n) is 6.56. The van der Waals surface area contributed by atoms with Crippen molar-refractivity contribution in [3.05, 3.63) is 59.7 Å². The van der Waals surface area contributed by atoms with Crippen molar-refractivity contribution in [2.45, 2.75) is 13.3 Å². The molecule has 4 nitrogen and oxygen atoms in total. The summed E-state index contributed by atoms with van der Waals surface area (Å²) in [5.74, 6) is -3.18. The quantitative estimate of drug-likeness (QED) is 0.852. The summed E-state index contributed by atoms with van der Waals surface area (Å²) in [6.45, 7) is 1.83. The second kappa shape index (κ2) is 6.80. The van der Waals surface area contributed by atoms with E-state index in [2.05, 4.69) is 10.6 Å². The molecule has 2 rings (SSSR count). The number of carbonyl (C=O) groups is 2.